The van der Waals surface area contributed by atoms with Gasteiger partial charge in [0.05, 0.1) is 20.8 Å². The monoisotopic (exact) mass is 353 g/mol. The lowest BCUT2D eigenvalue weighted by Gasteiger charge is -2.12. The van der Waals surface area contributed by atoms with Gasteiger partial charge in [0.15, 0.2) is 0 Å². The molecule has 0 saturated heterocycles. The van der Waals surface area contributed by atoms with E-state index in [4.69, 9.17) is 58.0 Å². The number of benzene rings is 2. The fourth-order valence-corrected chi connectivity index (χ4v) is 2.70. The van der Waals surface area contributed by atoms with E-state index in [0.717, 1.165) is 11.3 Å². The molecule has 0 saturated carbocycles. The first kappa shape index (κ1) is 15.1. The van der Waals surface area contributed by atoms with Crippen molar-refractivity contribution in [2.24, 2.45) is 0 Å². The van der Waals surface area contributed by atoms with Crippen LogP contribution in [0.25, 0.3) is 0 Å². The summed E-state index contributed by atoms with van der Waals surface area (Å²) in [5.74, 6) is 0. The summed E-state index contributed by atoms with van der Waals surface area (Å²) in [5, 5.41) is 5.70. The van der Waals surface area contributed by atoms with E-state index in [9.17, 15) is 0 Å². The SMILES string of the molecule is Clc1ccc(NCc2c(Cl)ccc(Cl)c2Cl)c(Cl)c1. The van der Waals surface area contributed by atoms with Crippen LogP contribution < -0.4 is 5.32 Å². The molecule has 6 heteroatoms. The van der Waals surface area contributed by atoms with Crippen LogP contribution in [0.2, 0.25) is 25.1 Å². The van der Waals surface area contributed by atoms with Crippen LogP contribution in [0.5, 0.6) is 0 Å². The molecule has 0 aliphatic rings. The van der Waals surface area contributed by atoms with Crippen LogP contribution in [0.4, 0.5) is 5.69 Å². The lowest BCUT2D eigenvalue weighted by molar-refractivity contribution is 1.15. The fraction of sp³-hybridized carbons (Fsp3) is 0.0769. The molecule has 19 heavy (non-hydrogen) atoms. The van der Waals surface area contributed by atoms with E-state index in [1.165, 1.54) is 0 Å². The lowest BCUT2D eigenvalue weighted by atomic mass is 10.2. The Morgan fingerprint density at radius 1 is 0.789 bits per heavy atom. The summed E-state index contributed by atoms with van der Waals surface area (Å²) in [6.45, 7) is 0.416. The van der Waals surface area contributed by atoms with Gasteiger partial charge in [0, 0.05) is 22.2 Å². The Bertz CT molecular complexity index is 612. The summed E-state index contributed by atoms with van der Waals surface area (Å²) in [6.07, 6.45) is 0. The van der Waals surface area contributed by atoms with E-state index in [-0.39, 0.29) is 0 Å². The molecular weight excluding hydrogens is 347 g/mol. The number of rotatable bonds is 3. The summed E-state index contributed by atoms with van der Waals surface area (Å²) in [5.41, 5.74) is 1.47. The van der Waals surface area contributed by atoms with Crippen molar-refractivity contribution in [1.82, 2.24) is 0 Å². The van der Waals surface area contributed by atoms with Crippen molar-refractivity contribution in [2.45, 2.75) is 6.54 Å². The minimum Gasteiger partial charge on any atom is -0.380 e. The topological polar surface area (TPSA) is 12.0 Å². The summed E-state index contributed by atoms with van der Waals surface area (Å²) in [4.78, 5) is 0. The molecule has 0 atom stereocenters. The quantitative estimate of drug-likeness (QED) is 0.614. The Hall–Kier alpha value is -0.310. The van der Waals surface area contributed by atoms with Crippen LogP contribution in [-0.2, 0) is 6.54 Å². The van der Waals surface area contributed by atoms with Gasteiger partial charge in [0.2, 0.25) is 0 Å². The minimum atomic E-state index is 0.416. The molecule has 1 nitrogen and oxygen atoms in total. The van der Waals surface area contributed by atoms with Gasteiger partial charge in [-0.2, -0.15) is 0 Å². The zero-order chi connectivity index (χ0) is 14.0. The van der Waals surface area contributed by atoms with Crippen molar-refractivity contribution in [3.63, 3.8) is 0 Å². The second kappa shape index (κ2) is 6.43. The van der Waals surface area contributed by atoms with Gasteiger partial charge in [-0.15, -0.1) is 0 Å². The van der Waals surface area contributed by atoms with Crippen molar-refractivity contribution in [3.05, 3.63) is 61.0 Å². The highest BCUT2D eigenvalue weighted by molar-refractivity contribution is 6.44. The highest BCUT2D eigenvalue weighted by Gasteiger charge is 2.10. The summed E-state index contributed by atoms with van der Waals surface area (Å²) in [6, 6.07) is 8.56. The average Bonchev–Trinajstić information content (AvgIpc) is 2.36. The van der Waals surface area contributed by atoms with Gasteiger partial charge in [-0.3, -0.25) is 0 Å². The first-order chi connectivity index (χ1) is 8.99. The van der Waals surface area contributed by atoms with Crippen LogP contribution in [0.1, 0.15) is 5.56 Å². The van der Waals surface area contributed by atoms with Crippen molar-refractivity contribution in [2.75, 3.05) is 5.32 Å². The van der Waals surface area contributed by atoms with Gasteiger partial charge in [0.1, 0.15) is 0 Å². The summed E-state index contributed by atoms with van der Waals surface area (Å²) in [7, 11) is 0. The maximum absolute atomic E-state index is 6.12. The van der Waals surface area contributed by atoms with Crippen LogP contribution >= 0.6 is 58.0 Å². The first-order valence-corrected chi connectivity index (χ1v) is 7.19. The Kier molecular flexibility index (Phi) is 5.10. The average molecular weight is 355 g/mol. The van der Waals surface area contributed by atoms with Gasteiger partial charge >= 0.3 is 0 Å². The first-order valence-electron chi connectivity index (χ1n) is 5.30. The number of anilines is 1. The Morgan fingerprint density at radius 2 is 1.47 bits per heavy atom. The number of nitrogens with one attached hydrogen (secondary N) is 1. The lowest BCUT2D eigenvalue weighted by Crippen LogP contribution is -2.01. The van der Waals surface area contributed by atoms with Gasteiger partial charge < -0.3 is 5.32 Å². The Balaban J connectivity index is 2.21. The third kappa shape index (κ3) is 3.62. The summed E-state index contributed by atoms with van der Waals surface area (Å²) >= 11 is 30.1. The Labute approximate surface area is 136 Å². The van der Waals surface area contributed by atoms with Gasteiger partial charge in [-0.25, -0.2) is 0 Å². The van der Waals surface area contributed by atoms with E-state index in [1.54, 1.807) is 30.3 Å². The normalized spacial score (nSPS) is 10.6. The predicted molar refractivity (Wildman–Crippen MR) is 85.3 cm³/mol. The molecule has 0 heterocycles. The molecule has 0 spiro atoms. The van der Waals surface area contributed by atoms with Gasteiger partial charge in [0.25, 0.3) is 0 Å². The van der Waals surface area contributed by atoms with Crippen LogP contribution in [-0.4, -0.2) is 0 Å². The van der Waals surface area contributed by atoms with Crippen LogP contribution in [0.15, 0.2) is 30.3 Å². The molecule has 2 aromatic carbocycles. The maximum Gasteiger partial charge on any atom is 0.0657 e. The standard InChI is InChI=1S/C13H8Cl5N/c14-7-1-4-12(11(17)5-7)19-6-8-9(15)2-3-10(16)13(8)18/h1-5,19H,6H2. The van der Waals surface area contributed by atoms with E-state index < -0.39 is 0 Å². The molecule has 2 aromatic rings. The van der Waals surface area contributed by atoms with E-state index >= 15 is 0 Å². The molecule has 0 amide bonds. The van der Waals surface area contributed by atoms with E-state index in [0.29, 0.717) is 31.7 Å². The summed E-state index contributed by atoms with van der Waals surface area (Å²) < 4.78 is 0. The van der Waals surface area contributed by atoms with E-state index in [2.05, 4.69) is 5.32 Å². The predicted octanol–water partition coefficient (Wildman–Crippen LogP) is 6.57. The van der Waals surface area contributed by atoms with Crippen molar-refractivity contribution in [1.29, 1.82) is 0 Å². The number of hydrogen-bond acceptors (Lipinski definition) is 1. The van der Waals surface area contributed by atoms with Crippen molar-refractivity contribution < 1.29 is 0 Å². The molecule has 100 valence electrons. The van der Waals surface area contributed by atoms with E-state index in [1.807, 2.05) is 0 Å². The molecule has 1 N–H and O–H groups in total. The highest BCUT2D eigenvalue weighted by Crippen LogP contribution is 2.33. The van der Waals surface area contributed by atoms with Crippen molar-refractivity contribution >= 4 is 63.7 Å². The smallest absolute Gasteiger partial charge is 0.0657 e. The largest absolute Gasteiger partial charge is 0.380 e. The third-order valence-electron chi connectivity index (χ3n) is 2.53. The molecule has 0 bridgehead atoms. The Morgan fingerprint density at radius 3 is 2.16 bits per heavy atom. The molecule has 0 unspecified atom stereocenters. The zero-order valence-electron chi connectivity index (χ0n) is 9.48. The fourth-order valence-electron chi connectivity index (χ4n) is 1.55. The molecule has 0 fully saturated rings. The molecule has 0 aliphatic carbocycles. The highest BCUT2D eigenvalue weighted by atomic mass is 35.5. The second-order valence-corrected chi connectivity index (χ2v) is 5.84. The zero-order valence-corrected chi connectivity index (χ0v) is 13.3. The van der Waals surface area contributed by atoms with Crippen LogP contribution in [0, 0.1) is 0 Å². The second-order valence-electron chi connectivity index (χ2n) is 3.80. The van der Waals surface area contributed by atoms with Crippen molar-refractivity contribution in [3.8, 4) is 0 Å². The minimum absolute atomic E-state index is 0.416. The molecule has 2 rings (SSSR count). The van der Waals surface area contributed by atoms with Crippen LogP contribution in [0.3, 0.4) is 0 Å². The van der Waals surface area contributed by atoms with Gasteiger partial charge in [-0.05, 0) is 30.3 Å². The number of hydrogen-bond donors (Lipinski definition) is 1. The molecule has 0 radical (unpaired) electrons. The molecule has 0 aromatic heterocycles. The molecular formula is C13H8Cl5N. The maximum atomic E-state index is 6.12. The van der Waals surface area contributed by atoms with Gasteiger partial charge in [-0.1, -0.05) is 58.0 Å². The molecule has 0 aliphatic heterocycles. The number of halogens is 5. The third-order valence-corrected chi connectivity index (χ3v) is 4.27.